The van der Waals surface area contributed by atoms with Gasteiger partial charge in [-0.25, -0.2) is 0 Å². The molecule has 0 atom stereocenters. The fraction of sp³-hybridized carbons (Fsp3) is 0.0196. The van der Waals surface area contributed by atoms with Gasteiger partial charge in [-0.2, -0.15) is 0 Å². The maximum Gasteiger partial charge on any atom is 0.0725 e. The molecule has 0 bridgehead atoms. The third-order valence-corrected chi connectivity index (χ3v) is 13.0. The first kappa shape index (κ1) is 28.5. The average molecular weight is 675 g/mol. The van der Waals surface area contributed by atoms with Crippen LogP contribution in [0.2, 0.25) is 0 Å². The van der Waals surface area contributed by atoms with Gasteiger partial charge in [0.25, 0.3) is 0 Å². The highest BCUT2D eigenvalue weighted by molar-refractivity contribution is 7.99. The fourth-order valence-corrected chi connectivity index (χ4v) is 11.0. The van der Waals surface area contributed by atoms with Crippen molar-refractivity contribution in [3.63, 3.8) is 0 Å². The van der Waals surface area contributed by atoms with Crippen molar-refractivity contribution in [2.24, 2.45) is 0 Å². The molecule has 1 spiro atoms. The van der Waals surface area contributed by atoms with Gasteiger partial charge in [-0.15, -0.1) is 0 Å². The van der Waals surface area contributed by atoms with Crippen LogP contribution in [-0.2, 0) is 5.41 Å². The quantitative estimate of drug-likeness (QED) is 0.176. The van der Waals surface area contributed by atoms with Gasteiger partial charge in [-0.1, -0.05) is 169 Å². The molecule has 0 aromatic heterocycles. The van der Waals surface area contributed by atoms with Crippen LogP contribution >= 0.6 is 11.8 Å². The van der Waals surface area contributed by atoms with Crippen LogP contribution in [0.15, 0.2) is 192 Å². The molecule has 9 aromatic carbocycles. The zero-order valence-corrected chi connectivity index (χ0v) is 29.0. The lowest BCUT2D eigenvalue weighted by Gasteiger charge is -2.30. The minimum atomic E-state index is -0.355. The van der Waals surface area contributed by atoms with Gasteiger partial charge >= 0.3 is 0 Å². The number of hydrogen-bond acceptors (Lipinski definition) is 1. The Morgan fingerprint density at radius 3 is 1.50 bits per heavy atom. The summed E-state index contributed by atoms with van der Waals surface area (Å²) in [5.74, 6) is 0. The smallest absolute Gasteiger partial charge is 0.0725 e. The first-order valence-electron chi connectivity index (χ1n) is 18.1. The first-order valence-corrected chi connectivity index (χ1v) is 18.9. The number of rotatable bonds is 2. The molecule has 12 rings (SSSR count). The molecule has 0 fully saturated rings. The molecule has 0 N–H and O–H groups in total. The van der Waals surface area contributed by atoms with E-state index in [1.165, 1.54) is 109 Å². The van der Waals surface area contributed by atoms with Crippen LogP contribution in [0.25, 0.3) is 77.2 Å². The Kier molecular flexibility index (Phi) is 5.73. The van der Waals surface area contributed by atoms with Gasteiger partial charge in [0.15, 0.2) is 0 Å². The summed E-state index contributed by atoms with van der Waals surface area (Å²) < 4.78 is 0. The van der Waals surface area contributed by atoms with Crippen molar-refractivity contribution >= 4 is 33.3 Å². The van der Waals surface area contributed by atoms with Crippen LogP contribution in [0.4, 0.5) is 0 Å². The van der Waals surface area contributed by atoms with Gasteiger partial charge in [-0.3, -0.25) is 0 Å². The van der Waals surface area contributed by atoms with Crippen molar-refractivity contribution in [1.29, 1.82) is 0 Å². The molecule has 0 unspecified atom stereocenters. The predicted octanol–water partition coefficient (Wildman–Crippen LogP) is 13.8. The molecule has 2 aliphatic carbocycles. The Balaban J connectivity index is 1.07. The fourth-order valence-electron chi connectivity index (χ4n) is 9.81. The zero-order chi connectivity index (χ0) is 34.0. The second-order valence-electron chi connectivity index (χ2n) is 14.3. The molecule has 0 saturated heterocycles. The molecule has 0 nitrogen and oxygen atoms in total. The molecule has 9 aromatic rings. The number of fused-ring (bicyclic) bond motifs is 13. The summed E-state index contributed by atoms with van der Waals surface area (Å²) in [4.78, 5) is 2.65. The molecule has 0 amide bonds. The Hall–Kier alpha value is -6.15. The Morgan fingerprint density at radius 2 is 0.827 bits per heavy atom. The molecular formula is C51H30S. The number of benzene rings is 9. The van der Waals surface area contributed by atoms with Gasteiger partial charge in [0.05, 0.1) is 5.41 Å². The maximum absolute atomic E-state index is 2.51. The van der Waals surface area contributed by atoms with E-state index in [0.717, 1.165) is 0 Å². The summed E-state index contributed by atoms with van der Waals surface area (Å²) in [6, 6.07) is 68.5. The molecule has 1 heteroatoms. The van der Waals surface area contributed by atoms with E-state index in [-0.39, 0.29) is 5.41 Å². The summed E-state index contributed by atoms with van der Waals surface area (Å²) in [6.07, 6.45) is 0. The Morgan fingerprint density at radius 1 is 0.308 bits per heavy atom. The van der Waals surface area contributed by atoms with Crippen LogP contribution in [0.3, 0.4) is 0 Å². The van der Waals surface area contributed by atoms with Gasteiger partial charge in [-0.05, 0) is 118 Å². The van der Waals surface area contributed by atoms with E-state index < -0.39 is 0 Å². The van der Waals surface area contributed by atoms with Crippen molar-refractivity contribution in [2.75, 3.05) is 0 Å². The van der Waals surface area contributed by atoms with Crippen LogP contribution < -0.4 is 0 Å². The second-order valence-corrected chi connectivity index (χ2v) is 15.4. The Bertz CT molecular complexity index is 2940. The van der Waals surface area contributed by atoms with E-state index in [1.807, 2.05) is 11.8 Å². The highest BCUT2D eigenvalue weighted by Crippen LogP contribution is 2.63. The van der Waals surface area contributed by atoms with Crippen molar-refractivity contribution in [3.8, 4) is 55.6 Å². The molecule has 52 heavy (non-hydrogen) atoms. The number of hydrogen-bond donors (Lipinski definition) is 0. The van der Waals surface area contributed by atoms with Crippen molar-refractivity contribution in [2.45, 2.75) is 15.2 Å². The normalized spacial score (nSPS) is 13.8. The van der Waals surface area contributed by atoms with E-state index in [9.17, 15) is 0 Å². The topological polar surface area (TPSA) is 0 Å². The predicted molar refractivity (Wildman–Crippen MR) is 218 cm³/mol. The maximum atomic E-state index is 2.51. The molecular weight excluding hydrogens is 645 g/mol. The van der Waals surface area contributed by atoms with E-state index in [1.54, 1.807) is 0 Å². The van der Waals surface area contributed by atoms with Gasteiger partial charge < -0.3 is 0 Å². The third-order valence-electron chi connectivity index (χ3n) is 11.9. The first-order chi connectivity index (χ1) is 25.8. The minimum Gasteiger partial charge on any atom is -0.0888 e. The monoisotopic (exact) mass is 674 g/mol. The second kappa shape index (κ2) is 10.4. The summed E-state index contributed by atoms with van der Waals surface area (Å²) in [7, 11) is 0. The van der Waals surface area contributed by atoms with Crippen LogP contribution in [0, 0.1) is 0 Å². The molecule has 3 aliphatic rings. The Labute approximate surface area is 307 Å². The molecule has 0 radical (unpaired) electrons. The zero-order valence-electron chi connectivity index (χ0n) is 28.2. The summed E-state index contributed by atoms with van der Waals surface area (Å²) in [5, 5.41) is 5.20. The SMILES string of the molecule is c1ccc2c(c1)Sc1cc(-c3ccc(-c4ccc5c(c4)C4(c6ccccc6-c6ccccc64)c4ccccc4-5)c4ccccc34)cc3cccc-2c13. The van der Waals surface area contributed by atoms with E-state index >= 15 is 0 Å². The standard InChI is InChI=1S/C51H30S/c1-2-14-37-35(33-28-32-12-11-19-43-42-18-6-10-23-48(42)52-49(30-33)50(32)43)27-26-34(36(37)13-1)31-24-25-41-40-17-5-9-22-46(40)51(47(41)29-31)44-20-7-3-15-38(44)39-16-4-8-21-45(39)51/h1-30H. The third kappa shape index (κ3) is 3.63. The molecule has 1 heterocycles. The van der Waals surface area contributed by atoms with Crippen LogP contribution in [-0.4, -0.2) is 0 Å². The molecule has 240 valence electrons. The van der Waals surface area contributed by atoms with E-state index in [4.69, 9.17) is 0 Å². The lowest BCUT2D eigenvalue weighted by Crippen LogP contribution is -2.25. The summed E-state index contributed by atoms with van der Waals surface area (Å²) in [5.41, 5.74) is 18.2. The van der Waals surface area contributed by atoms with Crippen LogP contribution in [0.5, 0.6) is 0 Å². The summed E-state index contributed by atoms with van der Waals surface area (Å²) in [6.45, 7) is 0. The summed E-state index contributed by atoms with van der Waals surface area (Å²) >= 11 is 1.89. The molecule has 1 aliphatic heterocycles. The molecule has 0 saturated carbocycles. The van der Waals surface area contributed by atoms with Crippen molar-refractivity contribution in [1.82, 2.24) is 0 Å². The van der Waals surface area contributed by atoms with Crippen molar-refractivity contribution in [3.05, 3.63) is 204 Å². The van der Waals surface area contributed by atoms with Gasteiger partial charge in [0, 0.05) is 15.2 Å². The highest BCUT2D eigenvalue weighted by Gasteiger charge is 2.51. The van der Waals surface area contributed by atoms with E-state index in [0.29, 0.717) is 0 Å². The highest BCUT2D eigenvalue weighted by atomic mass is 32.2. The van der Waals surface area contributed by atoms with Gasteiger partial charge in [0.1, 0.15) is 0 Å². The lowest BCUT2D eigenvalue weighted by atomic mass is 9.70. The van der Waals surface area contributed by atoms with Gasteiger partial charge in [0.2, 0.25) is 0 Å². The van der Waals surface area contributed by atoms with Crippen LogP contribution in [0.1, 0.15) is 22.3 Å². The average Bonchev–Trinajstić information content (AvgIpc) is 3.67. The largest absolute Gasteiger partial charge is 0.0888 e. The minimum absolute atomic E-state index is 0.355. The van der Waals surface area contributed by atoms with E-state index in [2.05, 4.69) is 182 Å². The van der Waals surface area contributed by atoms with Crippen molar-refractivity contribution < 1.29 is 0 Å². The lowest BCUT2D eigenvalue weighted by molar-refractivity contribution is 0.794.